The molecule has 0 bridgehead atoms. The lowest BCUT2D eigenvalue weighted by Gasteiger charge is -2.28. The van der Waals surface area contributed by atoms with Crippen molar-refractivity contribution in [3.05, 3.63) is 41.8 Å². The first-order chi connectivity index (χ1) is 12.0. The third-order valence-corrected chi connectivity index (χ3v) is 4.70. The van der Waals surface area contributed by atoms with E-state index in [1.807, 2.05) is 30.3 Å². The zero-order valence-corrected chi connectivity index (χ0v) is 14.2. The van der Waals surface area contributed by atoms with Crippen molar-refractivity contribution in [2.24, 2.45) is 0 Å². The molecule has 6 heteroatoms. The maximum absolute atomic E-state index is 12.5. The molecule has 6 nitrogen and oxygen atoms in total. The fourth-order valence-corrected chi connectivity index (χ4v) is 3.48. The van der Waals surface area contributed by atoms with Gasteiger partial charge in [-0.05, 0) is 31.9 Å². The normalized spacial score (nSPS) is 15.9. The van der Waals surface area contributed by atoms with Crippen LogP contribution in [0.25, 0.3) is 11.5 Å². The number of nitrogens with zero attached hydrogens (tertiary/aromatic N) is 1. The lowest BCUT2D eigenvalue weighted by molar-refractivity contribution is -0.139. The Balaban J connectivity index is 1.71. The SMILES string of the molecule is Cc1oc(-c2ccccc2)nc1CC(=O)NC1(CC(=O)O)CCCC1. The molecule has 1 saturated carbocycles. The van der Waals surface area contributed by atoms with Crippen molar-refractivity contribution in [1.82, 2.24) is 10.3 Å². The maximum atomic E-state index is 12.5. The highest BCUT2D eigenvalue weighted by Gasteiger charge is 2.37. The molecule has 0 spiro atoms. The zero-order valence-electron chi connectivity index (χ0n) is 14.2. The zero-order chi connectivity index (χ0) is 17.9. The Bertz CT molecular complexity index is 761. The van der Waals surface area contributed by atoms with Crippen molar-refractivity contribution in [1.29, 1.82) is 0 Å². The number of nitrogens with one attached hydrogen (secondary N) is 1. The van der Waals surface area contributed by atoms with E-state index in [-0.39, 0.29) is 18.7 Å². The fraction of sp³-hybridized carbons (Fsp3) is 0.421. The van der Waals surface area contributed by atoms with Gasteiger partial charge >= 0.3 is 5.97 Å². The molecule has 1 fully saturated rings. The number of carboxylic acid groups (broad SMARTS) is 1. The van der Waals surface area contributed by atoms with E-state index in [0.29, 0.717) is 30.2 Å². The second-order valence-electron chi connectivity index (χ2n) is 6.67. The molecule has 0 aliphatic heterocycles. The second kappa shape index (κ2) is 7.09. The van der Waals surface area contributed by atoms with Crippen LogP contribution in [-0.4, -0.2) is 27.5 Å². The number of hydrogen-bond donors (Lipinski definition) is 2. The predicted molar refractivity (Wildman–Crippen MR) is 92.0 cm³/mol. The molecule has 0 unspecified atom stereocenters. The van der Waals surface area contributed by atoms with Gasteiger partial charge in [0.2, 0.25) is 11.8 Å². The molecule has 1 aromatic carbocycles. The number of carbonyl (C=O) groups is 2. The minimum atomic E-state index is -0.883. The monoisotopic (exact) mass is 342 g/mol. The smallest absolute Gasteiger partial charge is 0.305 e. The van der Waals surface area contributed by atoms with Gasteiger partial charge in [0.15, 0.2) is 0 Å². The minimum absolute atomic E-state index is 0.0359. The van der Waals surface area contributed by atoms with Gasteiger partial charge in [-0.25, -0.2) is 4.98 Å². The Kier molecular flexibility index (Phi) is 4.88. The molecule has 132 valence electrons. The van der Waals surface area contributed by atoms with Gasteiger partial charge in [0.1, 0.15) is 5.76 Å². The van der Waals surface area contributed by atoms with Crippen molar-refractivity contribution in [3.8, 4) is 11.5 Å². The highest BCUT2D eigenvalue weighted by molar-refractivity contribution is 5.80. The van der Waals surface area contributed by atoms with Crippen LogP contribution in [-0.2, 0) is 16.0 Å². The standard InChI is InChI=1S/C19H22N2O4/c1-13-15(20-18(25-13)14-7-3-2-4-8-14)11-16(22)21-19(12-17(23)24)9-5-6-10-19/h2-4,7-8H,5-6,9-12H2,1H3,(H,21,22)(H,23,24). The van der Waals surface area contributed by atoms with Gasteiger partial charge in [-0.3, -0.25) is 9.59 Å². The number of rotatable bonds is 6. The van der Waals surface area contributed by atoms with E-state index in [0.717, 1.165) is 18.4 Å². The number of oxazole rings is 1. The summed E-state index contributed by atoms with van der Waals surface area (Å²) in [6.45, 7) is 1.78. The third-order valence-electron chi connectivity index (χ3n) is 4.70. The molecule has 1 aromatic heterocycles. The average molecular weight is 342 g/mol. The molecular formula is C19H22N2O4. The molecule has 0 radical (unpaired) electrons. The van der Waals surface area contributed by atoms with Crippen LogP contribution >= 0.6 is 0 Å². The van der Waals surface area contributed by atoms with Crippen molar-refractivity contribution in [2.75, 3.05) is 0 Å². The van der Waals surface area contributed by atoms with E-state index < -0.39 is 11.5 Å². The van der Waals surface area contributed by atoms with Gasteiger partial charge in [0.25, 0.3) is 0 Å². The van der Waals surface area contributed by atoms with Crippen molar-refractivity contribution in [2.45, 2.75) is 51.0 Å². The number of aliphatic carboxylic acids is 1. The van der Waals surface area contributed by atoms with Gasteiger partial charge in [-0.15, -0.1) is 0 Å². The Morgan fingerprint density at radius 3 is 2.56 bits per heavy atom. The molecule has 2 N–H and O–H groups in total. The maximum Gasteiger partial charge on any atom is 0.305 e. The number of carboxylic acids is 1. The van der Waals surface area contributed by atoms with Crippen LogP contribution in [0.1, 0.15) is 43.6 Å². The van der Waals surface area contributed by atoms with Gasteiger partial charge in [0, 0.05) is 5.56 Å². The van der Waals surface area contributed by atoms with Crippen LogP contribution in [0.5, 0.6) is 0 Å². The number of amides is 1. The summed E-state index contributed by atoms with van der Waals surface area (Å²) in [5.74, 6) is 0.0000624. The van der Waals surface area contributed by atoms with Gasteiger partial charge in [-0.1, -0.05) is 31.0 Å². The Morgan fingerprint density at radius 1 is 1.24 bits per heavy atom. The van der Waals surface area contributed by atoms with Crippen LogP contribution < -0.4 is 5.32 Å². The van der Waals surface area contributed by atoms with Crippen molar-refractivity contribution >= 4 is 11.9 Å². The summed E-state index contributed by atoms with van der Waals surface area (Å²) in [5, 5.41) is 12.1. The molecule has 2 aromatic rings. The summed E-state index contributed by atoms with van der Waals surface area (Å²) in [7, 11) is 0. The number of hydrogen-bond acceptors (Lipinski definition) is 4. The molecule has 0 atom stereocenters. The molecular weight excluding hydrogens is 320 g/mol. The van der Waals surface area contributed by atoms with Crippen molar-refractivity contribution in [3.63, 3.8) is 0 Å². The third kappa shape index (κ3) is 4.07. The number of benzene rings is 1. The van der Waals surface area contributed by atoms with Crippen LogP contribution in [0.3, 0.4) is 0 Å². The first-order valence-electron chi connectivity index (χ1n) is 8.52. The quantitative estimate of drug-likeness (QED) is 0.841. The first kappa shape index (κ1) is 17.2. The summed E-state index contributed by atoms with van der Waals surface area (Å²) in [6, 6.07) is 9.51. The molecule has 1 amide bonds. The molecule has 1 heterocycles. The Hall–Kier alpha value is -2.63. The highest BCUT2D eigenvalue weighted by Crippen LogP contribution is 2.33. The highest BCUT2D eigenvalue weighted by atomic mass is 16.4. The molecule has 25 heavy (non-hydrogen) atoms. The number of carbonyl (C=O) groups excluding carboxylic acids is 1. The first-order valence-corrected chi connectivity index (χ1v) is 8.52. The molecule has 0 saturated heterocycles. The van der Waals surface area contributed by atoms with E-state index in [1.54, 1.807) is 6.92 Å². The fourth-order valence-electron chi connectivity index (χ4n) is 3.48. The second-order valence-corrected chi connectivity index (χ2v) is 6.67. The summed E-state index contributed by atoms with van der Waals surface area (Å²) in [6.07, 6.45) is 3.34. The Morgan fingerprint density at radius 2 is 1.92 bits per heavy atom. The molecule has 3 rings (SSSR count). The van der Waals surface area contributed by atoms with E-state index in [1.165, 1.54) is 0 Å². The van der Waals surface area contributed by atoms with E-state index >= 15 is 0 Å². The van der Waals surface area contributed by atoms with Gasteiger partial charge < -0.3 is 14.8 Å². The molecule has 1 aliphatic rings. The van der Waals surface area contributed by atoms with Crippen LogP contribution in [0.4, 0.5) is 0 Å². The average Bonchev–Trinajstić information content (AvgIpc) is 3.15. The van der Waals surface area contributed by atoms with Crippen LogP contribution in [0.2, 0.25) is 0 Å². The summed E-state index contributed by atoms with van der Waals surface area (Å²) < 4.78 is 5.68. The lowest BCUT2D eigenvalue weighted by Crippen LogP contribution is -2.48. The summed E-state index contributed by atoms with van der Waals surface area (Å²) in [5.41, 5.74) is 0.818. The molecule has 1 aliphatic carbocycles. The Labute approximate surface area is 146 Å². The largest absolute Gasteiger partial charge is 0.481 e. The lowest BCUT2D eigenvalue weighted by atomic mass is 9.93. The predicted octanol–water partition coefficient (Wildman–Crippen LogP) is 3.10. The number of aryl methyl sites for hydroxylation is 1. The van der Waals surface area contributed by atoms with E-state index in [9.17, 15) is 9.59 Å². The number of aromatic nitrogens is 1. The van der Waals surface area contributed by atoms with Gasteiger partial charge in [-0.2, -0.15) is 0 Å². The van der Waals surface area contributed by atoms with Crippen LogP contribution in [0, 0.1) is 6.92 Å². The topological polar surface area (TPSA) is 92.4 Å². The summed E-state index contributed by atoms with van der Waals surface area (Å²) >= 11 is 0. The van der Waals surface area contributed by atoms with E-state index in [4.69, 9.17) is 9.52 Å². The van der Waals surface area contributed by atoms with Gasteiger partial charge in [0.05, 0.1) is 24.1 Å². The van der Waals surface area contributed by atoms with Crippen molar-refractivity contribution < 1.29 is 19.1 Å². The minimum Gasteiger partial charge on any atom is -0.481 e. The van der Waals surface area contributed by atoms with E-state index in [2.05, 4.69) is 10.3 Å². The summed E-state index contributed by atoms with van der Waals surface area (Å²) in [4.78, 5) is 28.0. The van der Waals surface area contributed by atoms with Crippen LogP contribution in [0.15, 0.2) is 34.7 Å².